The van der Waals surface area contributed by atoms with Crippen molar-refractivity contribution in [3.63, 3.8) is 0 Å². The van der Waals surface area contributed by atoms with E-state index in [9.17, 15) is 4.79 Å². The van der Waals surface area contributed by atoms with Crippen molar-refractivity contribution in [3.8, 4) is 0 Å². The molecule has 4 heteroatoms. The molecule has 2 aliphatic heterocycles. The standard InChI is InChI=1S/C12H22N2O2/c1-9-6-13-7-10(9)11(15)14-4-5-16-12(2,3)8-14/h9-10,13H,4-8H2,1-3H3. The van der Waals surface area contributed by atoms with Crippen LogP contribution in [0, 0.1) is 11.8 Å². The van der Waals surface area contributed by atoms with Crippen molar-refractivity contribution in [1.82, 2.24) is 10.2 Å². The van der Waals surface area contributed by atoms with E-state index in [-0.39, 0.29) is 11.5 Å². The predicted molar refractivity (Wildman–Crippen MR) is 62.1 cm³/mol. The number of nitrogens with zero attached hydrogens (tertiary/aromatic N) is 1. The first-order valence-electron chi connectivity index (χ1n) is 6.13. The summed E-state index contributed by atoms with van der Waals surface area (Å²) in [6, 6.07) is 0. The van der Waals surface area contributed by atoms with Crippen LogP contribution in [-0.4, -0.2) is 49.2 Å². The molecule has 2 aliphatic rings. The maximum absolute atomic E-state index is 12.3. The van der Waals surface area contributed by atoms with E-state index in [0.29, 0.717) is 18.4 Å². The number of carbonyl (C=O) groups is 1. The maximum Gasteiger partial charge on any atom is 0.227 e. The van der Waals surface area contributed by atoms with Gasteiger partial charge in [0, 0.05) is 19.6 Å². The summed E-state index contributed by atoms with van der Waals surface area (Å²) < 4.78 is 5.63. The summed E-state index contributed by atoms with van der Waals surface area (Å²) in [6.45, 7) is 10.1. The minimum absolute atomic E-state index is 0.161. The Morgan fingerprint density at radius 1 is 1.44 bits per heavy atom. The molecule has 2 saturated heterocycles. The first-order chi connectivity index (χ1) is 7.49. The van der Waals surface area contributed by atoms with Gasteiger partial charge in [-0.15, -0.1) is 0 Å². The minimum Gasteiger partial charge on any atom is -0.372 e. The molecule has 2 rings (SSSR count). The molecule has 16 heavy (non-hydrogen) atoms. The molecular formula is C12H22N2O2. The topological polar surface area (TPSA) is 41.6 Å². The molecular weight excluding hydrogens is 204 g/mol. The van der Waals surface area contributed by atoms with Crippen molar-refractivity contribution in [2.24, 2.45) is 11.8 Å². The van der Waals surface area contributed by atoms with Crippen molar-refractivity contribution in [1.29, 1.82) is 0 Å². The van der Waals surface area contributed by atoms with E-state index in [4.69, 9.17) is 4.74 Å². The van der Waals surface area contributed by atoms with Crippen LogP contribution in [0.4, 0.5) is 0 Å². The van der Waals surface area contributed by atoms with E-state index in [1.807, 2.05) is 18.7 Å². The molecule has 2 heterocycles. The Morgan fingerprint density at radius 3 is 2.75 bits per heavy atom. The molecule has 2 fully saturated rings. The van der Waals surface area contributed by atoms with Gasteiger partial charge in [0.2, 0.25) is 5.91 Å². The number of rotatable bonds is 1. The van der Waals surface area contributed by atoms with Gasteiger partial charge in [0.1, 0.15) is 0 Å². The zero-order chi connectivity index (χ0) is 11.8. The van der Waals surface area contributed by atoms with E-state index < -0.39 is 0 Å². The average Bonchev–Trinajstić information content (AvgIpc) is 2.62. The van der Waals surface area contributed by atoms with E-state index in [1.165, 1.54) is 0 Å². The zero-order valence-electron chi connectivity index (χ0n) is 10.5. The van der Waals surface area contributed by atoms with Crippen LogP contribution in [0.15, 0.2) is 0 Å². The molecule has 2 atom stereocenters. The number of morpholine rings is 1. The van der Waals surface area contributed by atoms with Crippen molar-refractivity contribution < 1.29 is 9.53 Å². The molecule has 0 radical (unpaired) electrons. The van der Waals surface area contributed by atoms with Crippen LogP contribution < -0.4 is 5.32 Å². The fraction of sp³-hybridized carbons (Fsp3) is 0.917. The SMILES string of the molecule is CC1CNCC1C(=O)N1CCOC(C)(C)C1. The van der Waals surface area contributed by atoms with Crippen LogP contribution in [0.1, 0.15) is 20.8 Å². The number of carbonyl (C=O) groups excluding carboxylic acids is 1. The second-order valence-electron chi connectivity index (χ2n) is 5.61. The monoisotopic (exact) mass is 226 g/mol. The molecule has 92 valence electrons. The van der Waals surface area contributed by atoms with Crippen LogP contribution >= 0.6 is 0 Å². The molecule has 0 aromatic carbocycles. The number of hydrogen-bond acceptors (Lipinski definition) is 3. The Kier molecular flexibility index (Phi) is 3.22. The summed E-state index contributed by atoms with van der Waals surface area (Å²) in [4.78, 5) is 14.3. The van der Waals surface area contributed by atoms with E-state index in [1.54, 1.807) is 0 Å². The van der Waals surface area contributed by atoms with Gasteiger partial charge < -0.3 is 15.0 Å². The zero-order valence-corrected chi connectivity index (χ0v) is 10.5. The van der Waals surface area contributed by atoms with Crippen LogP contribution in [0.25, 0.3) is 0 Å². The van der Waals surface area contributed by atoms with Gasteiger partial charge >= 0.3 is 0 Å². The first-order valence-corrected chi connectivity index (χ1v) is 6.13. The van der Waals surface area contributed by atoms with Gasteiger partial charge in [-0.2, -0.15) is 0 Å². The first kappa shape index (κ1) is 11.9. The van der Waals surface area contributed by atoms with Gasteiger partial charge in [-0.25, -0.2) is 0 Å². The molecule has 1 N–H and O–H groups in total. The Bertz CT molecular complexity index is 278. The summed E-state index contributed by atoms with van der Waals surface area (Å²) in [5.74, 6) is 0.918. The van der Waals surface area contributed by atoms with Gasteiger partial charge in [0.25, 0.3) is 0 Å². The highest BCUT2D eigenvalue weighted by Gasteiger charge is 2.36. The summed E-state index contributed by atoms with van der Waals surface area (Å²) in [5, 5.41) is 3.28. The highest BCUT2D eigenvalue weighted by molar-refractivity contribution is 5.80. The number of nitrogens with one attached hydrogen (secondary N) is 1. The lowest BCUT2D eigenvalue weighted by Gasteiger charge is -2.39. The smallest absolute Gasteiger partial charge is 0.227 e. The Labute approximate surface area is 97.3 Å². The average molecular weight is 226 g/mol. The Hall–Kier alpha value is -0.610. The fourth-order valence-electron chi connectivity index (χ4n) is 2.58. The minimum atomic E-state index is -0.191. The summed E-state index contributed by atoms with van der Waals surface area (Å²) >= 11 is 0. The van der Waals surface area contributed by atoms with Crippen molar-refractivity contribution in [2.45, 2.75) is 26.4 Å². The van der Waals surface area contributed by atoms with Gasteiger partial charge in [-0.05, 0) is 26.3 Å². The number of amides is 1. The molecule has 1 amide bonds. The Balaban J connectivity index is 1.99. The van der Waals surface area contributed by atoms with Gasteiger partial charge in [-0.1, -0.05) is 6.92 Å². The second-order valence-corrected chi connectivity index (χ2v) is 5.61. The summed E-state index contributed by atoms with van der Waals surface area (Å²) in [7, 11) is 0. The van der Waals surface area contributed by atoms with Gasteiger partial charge in [-0.3, -0.25) is 4.79 Å². The molecule has 0 aromatic rings. The lowest BCUT2D eigenvalue weighted by atomic mass is 9.95. The van der Waals surface area contributed by atoms with Gasteiger partial charge in [0.15, 0.2) is 0 Å². The molecule has 0 spiro atoms. The number of ether oxygens (including phenoxy) is 1. The highest BCUT2D eigenvalue weighted by atomic mass is 16.5. The normalized spacial score (nSPS) is 34.1. The number of hydrogen-bond donors (Lipinski definition) is 1. The molecule has 0 bridgehead atoms. The largest absolute Gasteiger partial charge is 0.372 e. The summed E-state index contributed by atoms with van der Waals surface area (Å²) in [5.41, 5.74) is -0.191. The molecule has 0 aromatic heterocycles. The quantitative estimate of drug-likeness (QED) is 0.707. The van der Waals surface area contributed by atoms with Crippen LogP contribution in [-0.2, 0) is 9.53 Å². The highest BCUT2D eigenvalue weighted by Crippen LogP contribution is 2.23. The fourth-order valence-corrected chi connectivity index (χ4v) is 2.58. The third-order valence-corrected chi connectivity index (χ3v) is 3.57. The lowest BCUT2D eigenvalue weighted by molar-refractivity contribution is -0.150. The van der Waals surface area contributed by atoms with Gasteiger partial charge in [0.05, 0.1) is 18.1 Å². The van der Waals surface area contributed by atoms with E-state index in [2.05, 4.69) is 12.2 Å². The molecule has 4 nitrogen and oxygen atoms in total. The second kappa shape index (κ2) is 4.34. The van der Waals surface area contributed by atoms with Crippen molar-refractivity contribution in [3.05, 3.63) is 0 Å². The van der Waals surface area contributed by atoms with Crippen LogP contribution in [0.3, 0.4) is 0 Å². The lowest BCUT2D eigenvalue weighted by Crippen LogP contribution is -2.52. The van der Waals surface area contributed by atoms with E-state index in [0.717, 1.165) is 26.2 Å². The summed E-state index contributed by atoms with van der Waals surface area (Å²) in [6.07, 6.45) is 0. The van der Waals surface area contributed by atoms with Crippen molar-refractivity contribution >= 4 is 5.91 Å². The molecule has 0 saturated carbocycles. The third-order valence-electron chi connectivity index (χ3n) is 3.57. The predicted octanol–water partition coefficient (Wildman–Crippen LogP) is 0.479. The molecule has 0 aliphatic carbocycles. The van der Waals surface area contributed by atoms with Crippen molar-refractivity contribution in [2.75, 3.05) is 32.8 Å². The Morgan fingerprint density at radius 2 is 2.19 bits per heavy atom. The third kappa shape index (κ3) is 2.38. The maximum atomic E-state index is 12.3. The van der Waals surface area contributed by atoms with E-state index >= 15 is 0 Å². The van der Waals surface area contributed by atoms with Crippen LogP contribution in [0.2, 0.25) is 0 Å². The van der Waals surface area contributed by atoms with Crippen LogP contribution in [0.5, 0.6) is 0 Å². The molecule has 2 unspecified atom stereocenters.